The maximum Gasteiger partial charge on any atom is 0.338 e. The minimum atomic E-state index is -1.06. The first-order chi connectivity index (χ1) is 8.54. The molecule has 1 N–H and O–H groups in total. The van der Waals surface area contributed by atoms with E-state index in [0.29, 0.717) is 29.0 Å². The standard InChI is InChI=1S/C12H11BrClNO3/c13-8-2-1-3-9(11(8)12(17)18)15-6-7(5-14)4-10(15)16/h1-3,7H,4-6H2,(H,17,18). The summed E-state index contributed by atoms with van der Waals surface area (Å²) in [5, 5.41) is 9.22. The summed E-state index contributed by atoms with van der Waals surface area (Å²) in [5.74, 6) is -0.654. The minimum absolute atomic E-state index is 0.0822. The van der Waals surface area contributed by atoms with Gasteiger partial charge in [0.1, 0.15) is 0 Å². The van der Waals surface area contributed by atoms with Gasteiger partial charge in [0.05, 0.1) is 11.3 Å². The SMILES string of the molecule is O=C(O)c1c(Br)cccc1N1CC(CCl)CC1=O. The number of halogens is 2. The molecule has 0 radical (unpaired) electrons. The number of nitrogens with zero attached hydrogens (tertiary/aromatic N) is 1. The molecule has 1 aromatic rings. The molecular weight excluding hydrogens is 321 g/mol. The first-order valence-corrected chi connectivity index (χ1v) is 6.75. The summed E-state index contributed by atoms with van der Waals surface area (Å²) in [5.41, 5.74) is 0.538. The topological polar surface area (TPSA) is 57.6 Å². The molecule has 1 amide bonds. The molecule has 18 heavy (non-hydrogen) atoms. The molecule has 2 rings (SSSR count). The molecule has 0 aromatic heterocycles. The van der Waals surface area contributed by atoms with Crippen molar-refractivity contribution < 1.29 is 14.7 Å². The van der Waals surface area contributed by atoms with Crippen LogP contribution in [-0.4, -0.2) is 29.4 Å². The highest BCUT2D eigenvalue weighted by atomic mass is 79.9. The van der Waals surface area contributed by atoms with E-state index in [0.717, 1.165) is 0 Å². The lowest BCUT2D eigenvalue weighted by Gasteiger charge is -2.19. The number of amides is 1. The number of carbonyl (C=O) groups is 2. The normalized spacial score (nSPS) is 19.3. The molecule has 1 aromatic carbocycles. The smallest absolute Gasteiger partial charge is 0.338 e. The summed E-state index contributed by atoms with van der Waals surface area (Å²) in [6.45, 7) is 0.471. The maximum absolute atomic E-state index is 11.9. The molecule has 1 unspecified atom stereocenters. The Morgan fingerprint density at radius 1 is 1.56 bits per heavy atom. The average Bonchev–Trinajstić information content (AvgIpc) is 2.69. The van der Waals surface area contributed by atoms with Crippen LogP contribution in [0.5, 0.6) is 0 Å². The second-order valence-electron chi connectivity index (χ2n) is 4.17. The van der Waals surface area contributed by atoms with E-state index in [1.165, 1.54) is 4.90 Å². The molecule has 96 valence electrons. The molecule has 1 fully saturated rings. The van der Waals surface area contributed by atoms with Gasteiger partial charge in [-0.1, -0.05) is 6.07 Å². The molecule has 1 aliphatic rings. The summed E-state index contributed by atoms with van der Waals surface area (Å²) in [6, 6.07) is 5.00. The summed E-state index contributed by atoms with van der Waals surface area (Å²) in [7, 11) is 0. The van der Waals surface area contributed by atoms with Gasteiger partial charge in [0.25, 0.3) is 0 Å². The second-order valence-corrected chi connectivity index (χ2v) is 5.33. The number of anilines is 1. The van der Waals surface area contributed by atoms with E-state index in [1.807, 2.05) is 0 Å². The van der Waals surface area contributed by atoms with E-state index in [1.54, 1.807) is 18.2 Å². The Hall–Kier alpha value is -1.07. The fraction of sp³-hybridized carbons (Fsp3) is 0.333. The zero-order valence-electron chi connectivity index (χ0n) is 9.40. The van der Waals surface area contributed by atoms with Crippen molar-refractivity contribution in [1.29, 1.82) is 0 Å². The Bertz CT molecular complexity index is 506. The highest BCUT2D eigenvalue weighted by Gasteiger charge is 2.32. The van der Waals surface area contributed by atoms with Crippen molar-refractivity contribution in [1.82, 2.24) is 0 Å². The fourth-order valence-electron chi connectivity index (χ4n) is 2.07. The van der Waals surface area contributed by atoms with E-state index in [-0.39, 0.29) is 17.4 Å². The first-order valence-electron chi connectivity index (χ1n) is 5.42. The van der Waals surface area contributed by atoms with Crippen LogP contribution in [0.1, 0.15) is 16.8 Å². The third-order valence-electron chi connectivity index (χ3n) is 2.92. The molecule has 4 nitrogen and oxygen atoms in total. The molecule has 0 saturated carbocycles. The molecule has 1 heterocycles. The number of alkyl halides is 1. The van der Waals surface area contributed by atoms with Crippen molar-refractivity contribution >= 4 is 45.1 Å². The third-order valence-corrected chi connectivity index (χ3v) is 4.02. The van der Waals surface area contributed by atoms with Gasteiger partial charge in [-0.25, -0.2) is 4.79 Å². The number of rotatable bonds is 3. The van der Waals surface area contributed by atoms with Crippen molar-refractivity contribution in [2.24, 2.45) is 5.92 Å². The largest absolute Gasteiger partial charge is 0.478 e. The Kier molecular flexibility index (Phi) is 3.92. The highest BCUT2D eigenvalue weighted by Crippen LogP contribution is 2.32. The molecule has 1 saturated heterocycles. The van der Waals surface area contributed by atoms with E-state index < -0.39 is 5.97 Å². The first kappa shape index (κ1) is 13.4. The molecular formula is C12H11BrClNO3. The van der Waals surface area contributed by atoms with Gasteiger partial charge in [-0.15, -0.1) is 11.6 Å². The number of aromatic carboxylic acids is 1. The Morgan fingerprint density at radius 2 is 2.28 bits per heavy atom. The van der Waals surface area contributed by atoms with Gasteiger partial charge in [-0.2, -0.15) is 0 Å². The summed E-state index contributed by atoms with van der Waals surface area (Å²) in [4.78, 5) is 24.7. The van der Waals surface area contributed by atoms with Gasteiger partial charge in [0, 0.05) is 23.3 Å². The zero-order valence-corrected chi connectivity index (χ0v) is 11.7. The zero-order chi connectivity index (χ0) is 13.3. The molecule has 0 spiro atoms. The summed E-state index contributed by atoms with van der Waals surface area (Å²) < 4.78 is 0.467. The van der Waals surface area contributed by atoms with E-state index in [2.05, 4.69) is 15.9 Å². The van der Waals surface area contributed by atoms with Crippen LogP contribution in [0.15, 0.2) is 22.7 Å². The van der Waals surface area contributed by atoms with Crippen molar-refractivity contribution in [3.8, 4) is 0 Å². The number of hydrogen-bond acceptors (Lipinski definition) is 2. The van der Waals surface area contributed by atoms with Crippen LogP contribution in [0.4, 0.5) is 5.69 Å². The Balaban J connectivity index is 2.43. The molecule has 0 aliphatic carbocycles. The third kappa shape index (κ3) is 2.37. The van der Waals surface area contributed by atoms with Crippen molar-refractivity contribution in [2.75, 3.05) is 17.3 Å². The van der Waals surface area contributed by atoms with Crippen LogP contribution >= 0.6 is 27.5 Å². The maximum atomic E-state index is 11.9. The molecule has 1 atom stereocenters. The lowest BCUT2D eigenvalue weighted by atomic mass is 10.1. The molecule has 6 heteroatoms. The van der Waals surface area contributed by atoms with Gasteiger partial charge in [0.2, 0.25) is 5.91 Å². The van der Waals surface area contributed by atoms with Gasteiger partial charge < -0.3 is 10.0 Å². The number of carboxylic acid groups (broad SMARTS) is 1. The number of hydrogen-bond donors (Lipinski definition) is 1. The predicted molar refractivity (Wildman–Crippen MR) is 72.3 cm³/mol. The van der Waals surface area contributed by atoms with E-state index in [9.17, 15) is 14.7 Å². The van der Waals surface area contributed by atoms with Crippen molar-refractivity contribution in [2.45, 2.75) is 6.42 Å². The van der Waals surface area contributed by atoms with Crippen LogP contribution < -0.4 is 4.90 Å². The molecule has 1 aliphatic heterocycles. The van der Waals surface area contributed by atoms with Crippen LogP contribution in [0.3, 0.4) is 0 Å². The van der Waals surface area contributed by atoms with Gasteiger partial charge in [-0.05, 0) is 34.0 Å². The lowest BCUT2D eigenvalue weighted by molar-refractivity contribution is -0.117. The number of carbonyl (C=O) groups excluding carboxylic acids is 1. The van der Waals surface area contributed by atoms with E-state index in [4.69, 9.17) is 11.6 Å². The van der Waals surface area contributed by atoms with Crippen LogP contribution in [0.25, 0.3) is 0 Å². The van der Waals surface area contributed by atoms with Crippen LogP contribution in [-0.2, 0) is 4.79 Å². The van der Waals surface area contributed by atoms with Crippen LogP contribution in [0.2, 0.25) is 0 Å². The Morgan fingerprint density at radius 3 is 2.83 bits per heavy atom. The van der Waals surface area contributed by atoms with Crippen LogP contribution in [0, 0.1) is 5.92 Å². The quantitative estimate of drug-likeness (QED) is 0.866. The fourth-order valence-corrected chi connectivity index (χ4v) is 2.80. The minimum Gasteiger partial charge on any atom is -0.478 e. The highest BCUT2D eigenvalue weighted by molar-refractivity contribution is 9.10. The van der Waals surface area contributed by atoms with Gasteiger partial charge >= 0.3 is 5.97 Å². The van der Waals surface area contributed by atoms with Crippen molar-refractivity contribution in [3.05, 3.63) is 28.2 Å². The number of benzene rings is 1. The summed E-state index contributed by atoms with van der Waals surface area (Å²) in [6.07, 6.45) is 0.370. The average molecular weight is 333 g/mol. The molecule has 0 bridgehead atoms. The monoisotopic (exact) mass is 331 g/mol. The van der Waals surface area contributed by atoms with Gasteiger partial charge in [-0.3, -0.25) is 4.79 Å². The predicted octanol–water partition coefficient (Wildman–Crippen LogP) is 2.74. The van der Waals surface area contributed by atoms with E-state index >= 15 is 0 Å². The summed E-state index contributed by atoms with van der Waals surface area (Å²) >= 11 is 8.96. The van der Waals surface area contributed by atoms with Gasteiger partial charge in [0.15, 0.2) is 0 Å². The Labute approximate surface area is 118 Å². The number of carboxylic acids is 1. The van der Waals surface area contributed by atoms with Crippen molar-refractivity contribution in [3.63, 3.8) is 0 Å². The second kappa shape index (κ2) is 5.28. The lowest BCUT2D eigenvalue weighted by Crippen LogP contribution is -2.26.